The first-order valence-corrected chi connectivity index (χ1v) is 6.63. The molecule has 4 heteroatoms. The van der Waals surface area contributed by atoms with Gasteiger partial charge in [-0.05, 0) is 24.5 Å². The number of rotatable bonds is 6. The smallest absolute Gasteiger partial charge is 0.146 e. The maximum Gasteiger partial charge on any atom is 0.146 e. The standard InChI is InChI=1S/C15H22FN3/c1-11(2)10-19(9-5-8-17)15-13(12(3)18)6-4-7-14(15)16/h4,6-7,11-12H,5,9-10,18H2,1-3H3/t12-/m1/s1. The Hall–Kier alpha value is -1.60. The Labute approximate surface area is 114 Å². The van der Waals surface area contributed by atoms with Crippen LogP contribution in [-0.4, -0.2) is 13.1 Å². The third-order valence-corrected chi connectivity index (χ3v) is 2.90. The lowest BCUT2D eigenvalue weighted by Crippen LogP contribution is -2.31. The van der Waals surface area contributed by atoms with Crippen molar-refractivity contribution in [3.05, 3.63) is 29.6 Å². The lowest BCUT2D eigenvalue weighted by molar-refractivity contribution is 0.576. The molecule has 1 aromatic rings. The number of para-hydroxylation sites is 1. The van der Waals surface area contributed by atoms with Crippen LogP contribution in [0.5, 0.6) is 0 Å². The molecule has 1 atom stereocenters. The first-order chi connectivity index (χ1) is 8.97. The van der Waals surface area contributed by atoms with E-state index in [1.54, 1.807) is 6.07 Å². The maximum absolute atomic E-state index is 14.2. The molecular weight excluding hydrogens is 241 g/mol. The number of halogens is 1. The average molecular weight is 263 g/mol. The van der Waals surface area contributed by atoms with Crippen molar-refractivity contribution in [1.29, 1.82) is 5.26 Å². The summed E-state index contributed by atoms with van der Waals surface area (Å²) < 4.78 is 14.2. The van der Waals surface area contributed by atoms with Crippen LogP contribution in [0.4, 0.5) is 10.1 Å². The minimum Gasteiger partial charge on any atom is -0.368 e. The molecule has 0 heterocycles. The highest BCUT2D eigenvalue weighted by atomic mass is 19.1. The van der Waals surface area contributed by atoms with Gasteiger partial charge in [0, 0.05) is 19.1 Å². The number of anilines is 1. The fourth-order valence-corrected chi connectivity index (χ4v) is 2.15. The summed E-state index contributed by atoms with van der Waals surface area (Å²) in [5.41, 5.74) is 7.26. The van der Waals surface area contributed by atoms with Gasteiger partial charge in [0.05, 0.1) is 18.2 Å². The highest BCUT2D eigenvalue weighted by molar-refractivity contribution is 5.56. The zero-order valence-electron chi connectivity index (χ0n) is 11.9. The minimum absolute atomic E-state index is 0.234. The van der Waals surface area contributed by atoms with Gasteiger partial charge in [0.25, 0.3) is 0 Å². The maximum atomic E-state index is 14.2. The van der Waals surface area contributed by atoms with Gasteiger partial charge in [-0.25, -0.2) is 4.39 Å². The third kappa shape index (κ3) is 4.22. The number of nitrogens with two attached hydrogens (primary N) is 1. The Morgan fingerprint density at radius 3 is 2.58 bits per heavy atom. The molecule has 0 bridgehead atoms. The van der Waals surface area contributed by atoms with Gasteiger partial charge in [0.1, 0.15) is 5.82 Å². The largest absolute Gasteiger partial charge is 0.368 e. The molecule has 0 spiro atoms. The van der Waals surface area contributed by atoms with E-state index in [2.05, 4.69) is 19.9 Å². The molecule has 0 amide bonds. The van der Waals surface area contributed by atoms with Gasteiger partial charge in [-0.2, -0.15) is 5.26 Å². The van der Waals surface area contributed by atoms with Crippen LogP contribution in [0.25, 0.3) is 0 Å². The van der Waals surface area contributed by atoms with E-state index in [-0.39, 0.29) is 11.9 Å². The summed E-state index contributed by atoms with van der Waals surface area (Å²) in [6.07, 6.45) is 0.374. The molecule has 1 aromatic carbocycles. The van der Waals surface area contributed by atoms with Crippen molar-refractivity contribution in [2.75, 3.05) is 18.0 Å². The Balaban J connectivity index is 3.16. The molecule has 104 valence electrons. The molecule has 2 N–H and O–H groups in total. The van der Waals surface area contributed by atoms with Crippen molar-refractivity contribution in [2.24, 2.45) is 11.7 Å². The lowest BCUT2D eigenvalue weighted by atomic mass is 10.0. The van der Waals surface area contributed by atoms with E-state index >= 15 is 0 Å². The second kappa shape index (κ2) is 7.10. The van der Waals surface area contributed by atoms with Gasteiger partial charge in [0.15, 0.2) is 0 Å². The van der Waals surface area contributed by atoms with E-state index in [4.69, 9.17) is 11.0 Å². The number of benzene rings is 1. The molecule has 0 aliphatic heterocycles. The van der Waals surface area contributed by atoms with Crippen molar-refractivity contribution in [3.63, 3.8) is 0 Å². The van der Waals surface area contributed by atoms with E-state index in [0.29, 0.717) is 31.1 Å². The second-order valence-electron chi connectivity index (χ2n) is 5.21. The van der Waals surface area contributed by atoms with Gasteiger partial charge in [0.2, 0.25) is 0 Å². The van der Waals surface area contributed by atoms with Gasteiger partial charge < -0.3 is 10.6 Å². The molecule has 1 rings (SSSR count). The van der Waals surface area contributed by atoms with E-state index in [9.17, 15) is 4.39 Å². The first kappa shape index (κ1) is 15.5. The molecule has 0 saturated heterocycles. The van der Waals surface area contributed by atoms with Crippen molar-refractivity contribution >= 4 is 5.69 Å². The van der Waals surface area contributed by atoms with Gasteiger partial charge in [-0.1, -0.05) is 26.0 Å². The molecule has 0 aliphatic carbocycles. The predicted molar refractivity (Wildman–Crippen MR) is 76.3 cm³/mol. The van der Waals surface area contributed by atoms with Gasteiger partial charge in [-0.15, -0.1) is 0 Å². The summed E-state index contributed by atoms with van der Waals surface area (Å²) in [5.74, 6) is 0.118. The summed E-state index contributed by atoms with van der Waals surface area (Å²) in [4.78, 5) is 1.93. The zero-order valence-corrected chi connectivity index (χ0v) is 11.9. The van der Waals surface area contributed by atoms with Crippen LogP contribution in [0.15, 0.2) is 18.2 Å². The fourth-order valence-electron chi connectivity index (χ4n) is 2.15. The van der Waals surface area contributed by atoms with Crippen LogP contribution in [-0.2, 0) is 0 Å². The summed E-state index contributed by atoms with van der Waals surface area (Å²) in [5, 5.41) is 8.75. The SMILES string of the molecule is CC(C)CN(CCC#N)c1c(F)cccc1[C@@H](C)N. The molecule has 0 aromatic heterocycles. The molecule has 0 radical (unpaired) electrons. The third-order valence-electron chi connectivity index (χ3n) is 2.90. The van der Waals surface area contributed by atoms with Crippen molar-refractivity contribution in [3.8, 4) is 6.07 Å². The summed E-state index contributed by atoms with van der Waals surface area (Å²) in [7, 11) is 0. The normalized spacial score (nSPS) is 12.3. The number of nitrogens with zero attached hydrogens (tertiary/aromatic N) is 2. The van der Waals surface area contributed by atoms with E-state index in [1.165, 1.54) is 6.07 Å². The van der Waals surface area contributed by atoms with E-state index in [0.717, 1.165) is 5.56 Å². The number of nitriles is 1. The summed E-state index contributed by atoms with van der Waals surface area (Å²) >= 11 is 0. The monoisotopic (exact) mass is 263 g/mol. The first-order valence-electron chi connectivity index (χ1n) is 6.63. The quantitative estimate of drug-likeness (QED) is 0.857. The summed E-state index contributed by atoms with van der Waals surface area (Å²) in [6.45, 7) is 7.23. The molecular formula is C15H22FN3. The highest BCUT2D eigenvalue weighted by Gasteiger charge is 2.18. The topological polar surface area (TPSA) is 53.0 Å². The number of hydrogen-bond acceptors (Lipinski definition) is 3. The molecule has 3 nitrogen and oxygen atoms in total. The van der Waals surface area contributed by atoms with Crippen molar-refractivity contribution < 1.29 is 4.39 Å². The van der Waals surface area contributed by atoms with Gasteiger partial charge >= 0.3 is 0 Å². The molecule has 0 aliphatic rings. The van der Waals surface area contributed by atoms with Crippen LogP contribution in [0.3, 0.4) is 0 Å². The van der Waals surface area contributed by atoms with Crippen LogP contribution in [0.1, 0.15) is 38.8 Å². The molecule has 19 heavy (non-hydrogen) atoms. The van der Waals surface area contributed by atoms with Crippen LogP contribution in [0.2, 0.25) is 0 Å². The number of hydrogen-bond donors (Lipinski definition) is 1. The Morgan fingerprint density at radius 1 is 1.37 bits per heavy atom. The summed E-state index contributed by atoms with van der Waals surface area (Å²) in [6, 6.07) is 6.85. The Bertz CT molecular complexity index is 449. The predicted octanol–water partition coefficient (Wildman–Crippen LogP) is 3.22. The van der Waals surface area contributed by atoms with E-state index in [1.807, 2.05) is 17.9 Å². The lowest BCUT2D eigenvalue weighted by Gasteiger charge is -2.29. The molecule has 0 unspecified atom stereocenters. The Kier molecular flexibility index (Phi) is 5.78. The average Bonchev–Trinajstić information content (AvgIpc) is 2.33. The molecule has 0 fully saturated rings. The highest BCUT2D eigenvalue weighted by Crippen LogP contribution is 2.29. The van der Waals surface area contributed by atoms with Crippen molar-refractivity contribution in [1.82, 2.24) is 0 Å². The van der Waals surface area contributed by atoms with Crippen LogP contribution >= 0.6 is 0 Å². The molecule has 0 saturated carbocycles. The van der Waals surface area contributed by atoms with Gasteiger partial charge in [-0.3, -0.25) is 0 Å². The van der Waals surface area contributed by atoms with Crippen molar-refractivity contribution in [2.45, 2.75) is 33.2 Å². The zero-order chi connectivity index (χ0) is 14.4. The Morgan fingerprint density at radius 2 is 2.05 bits per heavy atom. The minimum atomic E-state index is -0.270. The fraction of sp³-hybridized carbons (Fsp3) is 0.533. The second-order valence-corrected chi connectivity index (χ2v) is 5.21. The van der Waals surface area contributed by atoms with E-state index < -0.39 is 0 Å². The van der Waals surface area contributed by atoms with Crippen LogP contribution in [0, 0.1) is 23.1 Å². The van der Waals surface area contributed by atoms with Crippen LogP contribution < -0.4 is 10.6 Å².